The Bertz CT molecular complexity index is 2320. The van der Waals surface area contributed by atoms with Gasteiger partial charge in [0.1, 0.15) is 0 Å². The molecule has 0 bridgehead atoms. The van der Waals surface area contributed by atoms with Crippen molar-refractivity contribution in [2.75, 3.05) is 9.80 Å². The average molecular weight is 749 g/mol. The minimum absolute atomic E-state index is 0.117. The van der Waals surface area contributed by atoms with Crippen molar-refractivity contribution in [1.29, 1.82) is 0 Å². The van der Waals surface area contributed by atoms with Crippen molar-refractivity contribution in [3.63, 3.8) is 0 Å². The van der Waals surface area contributed by atoms with E-state index in [1.54, 1.807) is 0 Å². The Morgan fingerprint density at radius 1 is 0.404 bits per heavy atom. The van der Waals surface area contributed by atoms with Crippen molar-refractivity contribution >= 4 is 22.7 Å². The number of benzene rings is 6. The SMILES string of the molecule is CCc1cccc(CC)c1N(c1ccc(C)cc1)C1(CC)c2cc3c(cc21)C(C)(C)c1cc2c(cc1-3)C2(CC)N(c1ccc(C)cc1)c1c(CC)cccc1CC. The lowest BCUT2D eigenvalue weighted by Gasteiger charge is -2.37. The largest absolute Gasteiger partial charge is 0.327 e. The first-order chi connectivity index (χ1) is 27.5. The molecule has 0 spiro atoms. The third-order valence-corrected chi connectivity index (χ3v) is 14.4. The highest BCUT2D eigenvalue weighted by Crippen LogP contribution is 2.67. The van der Waals surface area contributed by atoms with Crippen molar-refractivity contribution in [2.24, 2.45) is 0 Å². The molecule has 3 aliphatic carbocycles. The van der Waals surface area contributed by atoms with Crippen LogP contribution in [0.1, 0.15) is 135 Å². The Balaban J connectivity index is 1.22. The van der Waals surface area contributed by atoms with Gasteiger partial charge in [-0.05, 0) is 156 Å². The van der Waals surface area contributed by atoms with E-state index in [0.29, 0.717) is 0 Å². The lowest BCUT2D eigenvalue weighted by atomic mass is 9.82. The maximum Gasteiger partial charge on any atom is 0.0960 e. The molecule has 290 valence electrons. The highest BCUT2D eigenvalue weighted by Gasteiger charge is 2.59. The molecule has 0 N–H and O–H groups in total. The van der Waals surface area contributed by atoms with E-state index in [2.05, 4.69) is 188 Å². The lowest BCUT2D eigenvalue weighted by Crippen LogP contribution is -2.33. The van der Waals surface area contributed by atoms with Crippen LogP contribution in [0.25, 0.3) is 11.1 Å². The maximum absolute atomic E-state index is 2.74. The second-order valence-corrected chi connectivity index (χ2v) is 17.5. The summed E-state index contributed by atoms with van der Waals surface area (Å²) in [5, 5.41) is 0. The summed E-state index contributed by atoms with van der Waals surface area (Å²) in [5.41, 5.74) is 24.9. The molecule has 2 nitrogen and oxygen atoms in total. The van der Waals surface area contributed by atoms with Gasteiger partial charge in [-0.25, -0.2) is 0 Å². The number of para-hydroxylation sites is 2. The Kier molecular flexibility index (Phi) is 8.89. The van der Waals surface area contributed by atoms with Gasteiger partial charge in [-0.15, -0.1) is 0 Å². The summed E-state index contributed by atoms with van der Waals surface area (Å²) in [6, 6.07) is 42.9. The number of rotatable bonds is 12. The second-order valence-electron chi connectivity index (χ2n) is 17.5. The molecule has 0 radical (unpaired) electrons. The van der Waals surface area contributed by atoms with Gasteiger partial charge in [0.25, 0.3) is 0 Å². The molecule has 2 heteroatoms. The summed E-state index contributed by atoms with van der Waals surface area (Å²) in [4.78, 5) is 5.48. The highest BCUT2D eigenvalue weighted by molar-refractivity contribution is 5.91. The minimum atomic E-state index is -0.191. The summed E-state index contributed by atoms with van der Waals surface area (Å²) in [6.07, 6.45) is 6.05. The van der Waals surface area contributed by atoms with Gasteiger partial charge >= 0.3 is 0 Å². The molecule has 0 heterocycles. The van der Waals surface area contributed by atoms with E-state index in [-0.39, 0.29) is 16.5 Å². The molecule has 0 fully saturated rings. The molecule has 0 saturated heterocycles. The van der Waals surface area contributed by atoms with Crippen molar-refractivity contribution < 1.29 is 0 Å². The fourth-order valence-electron chi connectivity index (χ4n) is 11.0. The third-order valence-electron chi connectivity index (χ3n) is 14.4. The molecule has 2 atom stereocenters. The zero-order chi connectivity index (χ0) is 40.0. The molecule has 3 aliphatic rings. The van der Waals surface area contributed by atoms with Crippen molar-refractivity contribution in [3.05, 3.63) is 176 Å². The number of anilines is 4. The zero-order valence-corrected chi connectivity index (χ0v) is 36.0. The highest BCUT2D eigenvalue weighted by atomic mass is 15.3. The molecule has 0 saturated carbocycles. The maximum atomic E-state index is 2.74. The molecule has 0 aromatic heterocycles. The number of nitrogens with zero attached hydrogens (tertiary/aromatic N) is 2. The van der Waals surface area contributed by atoms with Crippen LogP contribution in [-0.4, -0.2) is 0 Å². The molecule has 0 aliphatic heterocycles. The Hall–Kier alpha value is -5.08. The van der Waals surface area contributed by atoms with Crippen LogP contribution in [0.3, 0.4) is 0 Å². The summed E-state index contributed by atoms with van der Waals surface area (Å²) in [7, 11) is 0. The molecule has 9 rings (SSSR count). The summed E-state index contributed by atoms with van der Waals surface area (Å²) in [5.74, 6) is 0. The van der Waals surface area contributed by atoms with Crippen molar-refractivity contribution in [2.45, 2.75) is 124 Å². The second kappa shape index (κ2) is 13.5. The summed E-state index contributed by atoms with van der Waals surface area (Å²) < 4.78 is 0. The van der Waals surface area contributed by atoms with E-state index in [1.807, 2.05) is 0 Å². The Morgan fingerprint density at radius 2 is 0.719 bits per heavy atom. The molecular formula is C55H60N2. The molecule has 6 aromatic carbocycles. The molecule has 0 amide bonds. The van der Waals surface area contributed by atoms with E-state index < -0.39 is 0 Å². The van der Waals surface area contributed by atoms with Gasteiger partial charge in [0.15, 0.2) is 0 Å². The minimum Gasteiger partial charge on any atom is -0.327 e. The van der Waals surface area contributed by atoms with E-state index in [0.717, 1.165) is 38.5 Å². The van der Waals surface area contributed by atoms with Crippen LogP contribution in [0.5, 0.6) is 0 Å². The van der Waals surface area contributed by atoms with Gasteiger partial charge in [0, 0.05) is 28.2 Å². The normalized spacial score (nSPS) is 19.1. The van der Waals surface area contributed by atoms with E-state index in [9.17, 15) is 0 Å². The van der Waals surface area contributed by atoms with Gasteiger partial charge in [0.05, 0.1) is 11.1 Å². The lowest BCUT2D eigenvalue weighted by molar-refractivity contribution is 0.603. The first kappa shape index (κ1) is 37.5. The van der Waals surface area contributed by atoms with Gasteiger partial charge in [-0.1, -0.05) is 139 Å². The molecule has 2 unspecified atom stereocenters. The van der Waals surface area contributed by atoms with Crippen LogP contribution >= 0.6 is 0 Å². The van der Waals surface area contributed by atoms with Crippen molar-refractivity contribution in [3.8, 4) is 11.1 Å². The van der Waals surface area contributed by atoms with Gasteiger partial charge < -0.3 is 9.80 Å². The molecular weight excluding hydrogens is 689 g/mol. The summed E-state index contributed by atoms with van der Waals surface area (Å²) >= 11 is 0. The fourth-order valence-corrected chi connectivity index (χ4v) is 11.0. The average Bonchev–Trinajstić information content (AvgIpc) is 4.07. The Labute approximate surface area is 342 Å². The quantitative estimate of drug-likeness (QED) is 0.123. The van der Waals surface area contributed by atoms with Crippen LogP contribution < -0.4 is 9.80 Å². The first-order valence-electron chi connectivity index (χ1n) is 21.9. The standard InChI is InChI=1S/C55H60N2/c1-11-37-19-17-20-38(12-2)51(37)56(41-27-23-35(7)24-28-41)54(15-5)47-31-43-44-32-48-50(34-46(44)53(9,10)45(43)33-49(47)54)55(48,16-6)57(42-29-25-36(8)26-30-42)52-39(13-3)21-18-22-40(52)14-4/h17-34H,11-16H2,1-10H3. The van der Waals surface area contributed by atoms with E-state index in [4.69, 9.17) is 0 Å². The topological polar surface area (TPSA) is 6.48 Å². The van der Waals surface area contributed by atoms with Crippen molar-refractivity contribution in [1.82, 2.24) is 0 Å². The van der Waals surface area contributed by atoms with Crippen LogP contribution in [-0.2, 0) is 42.2 Å². The number of aryl methyl sites for hydroxylation is 6. The van der Waals surface area contributed by atoms with Crippen LogP contribution in [0.4, 0.5) is 22.7 Å². The third kappa shape index (κ3) is 5.21. The first-order valence-corrected chi connectivity index (χ1v) is 21.9. The predicted octanol–water partition coefficient (Wildman–Crippen LogP) is 14.5. The zero-order valence-electron chi connectivity index (χ0n) is 36.0. The van der Waals surface area contributed by atoms with Gasteiger partial charge in [-0.2, -0.15) is 0 Å². The van der Waals surface area contributed by atoms with Gasteiger partial charge in [-0.3, -0.25) is 0 Å². The van der Waals surface area contributed by atoms with E-state index in [1.165, 1.54) is 101 Å². The predicted molar refractivity (Wildman–Crippen MR) is 243 cm³/mol. The smallest absolute Gasteiger partial charge is 0.0960 e. The monoisotopic (exact) mass is 748 g/mol. The fraction of sp³-hybridized carbons (Fsp3) is 0.345. The van der Waals surface area contributed by atoms with Crippen LogP contribution in [0.15, 0.2) is 109 Å². The summed E-state index contributed by atoms with van der Waals surface area (Å²) in [6.45, 7) is 23.4. The Morgan fingerprint density at radius 3 is 1.02 bits per heavy atom. The molecule has 6 aromatic rings. The van der Waals surface area contributed by atoms with E-state index >= 15 is 0 Å². The van der Waals surface area contributed by atoms with Crippen LogP contribution in [0.2, 0.25) is 0 Å². The number of hydrogen-bond donors (Lipinski definition) is 0. The van der Waals surface area contributed by atoms with Gasteiger partial charge in [0.2, 0.25) is 0 Å². The number of hydrogen-bond acceptors (Lipinski definition) is 2. The van der Waals surface area contributed by atoms with Crippen LogP contribution in [0, 0.1) is 13.8 Å². The number of fused-ring (bicyclic) bond motifs is 5. The molecule has 57 heavy (non-hydrogen) atoms.